The lowest BCUT2D eigenvalue weighted by Crippen LogP contribution is -2.29. The average Bonchev–Trinajstić information content (AvgIpc) is 2.18. The Balaban J connectivity index is 2.53. The zero-order valence-corrected chi connectivity index (χ0v) is 10.2. The van der Waals surface area contributed by atoms with E-state index in [1.54, 1.807) is 0 Å². The molecule has 0 spiro atoms. The molecule has 0 atom stereocenters. The second-order valence-electron chi connectivity index (χ2n) is 4.36. The van der Waals surface area contributed by atoms with Crippen LogP contribution in [0.3, 0.4) is 0 Å². The first-order valence-electron chi connectivity index (χ1n) is 5.79. The maximum atomic E-state index is 11.9. The van der Waals surface area contributed by atoms with E-state index in [1.807, 2.05) is 6.92 Å². The van der Waals surface area contributed by atoms with E-state index < -0.39 is 9.84 Å². The van der Waals surface area contributed by atoms with Crippen molar-refractivity contribution in [2.24, 2.45) is 0 Å². The molecule has 0 aromatic heterocycles. The summed E-state index contributed by atoms with van der Waals surface area (Å²) in [7, 11) is -3.15. The summed E-state index contributed by atoms with van der Waals surface area (Å²) >= 11 is 0. The Labute approximate surface area is 92.2 Å². The van der Waals surface area contributed by atoms with Crippen molar-refractivity contribution in [2.45, 2.75) is 57.1 Å². The smallest absolute Gasteiger partial charge is 0.160 e. The van der Waals surface area contributed by atoms with E-state index in [1.165, 1.54) is 0 Å². The van der Waals surface area contributed by atoms with Crippen LogP contribution >= 0.6 is 0 Å². The van der Waals surface area contributed by atoms with Gasteiger partial charge in [0.05, 0.1) is 5.25 Å². The number of sulfone groups is 1. The summed E-state index contributed by atoms with van der Waals surface area (Å²) in [5.41, 5.74) is 0. The fourth-order valence-electron chi connectivity index (χ4n) is 2.12. The van der Waals surface area contributed by atoms with Crippen molar-refractivity contribution in [2.75, 3.05) is 5.75 Å². The standard InChI is InChI=1S/C11H20O3S/c1-2-6-10(12)9-15(13,14)11-7-4-3-5-8-11/h11H,2-9H2,1H3. The molecule has 0 aromatic carbocycles. The van der Waals surface area contributed by atoms with Gasteiger partial charge in [-0.2, -0.15) is 0 Å². The highest BCUT2D eigenvalue weighted by molar-refractivity contribution is 7.92. The highest BCUT2D eigenvalue weighted by Crippen LogP contribution is 2.24. The third kappa shape index (κ3) is 3.93. The fraction of sp³-hybridized carbons (Fsp3) is 0.909. The Morgan fingerprint density at radius 2 is 1.80 bits per heavy atom. The molecule has 0 bridgehead atoms. The van der Waals surface area contributed by atoms with Gasteiger partial charge in [-0.1, -0.05) is 26.2 Å². The molecule has 1 saturated carbocycles. The predicted octanol–water partition coefficient (Wildman–Crippen LogP) is 2.10. The van der Waals surface area contributed by atoms with Gasteiger partial charge in [0, 0.05) is 6.42 Å². The lowest BCUT2D eigenvalue weighted by atomic mass is 10.0. The maximum Gasteiger partial charge on any atom is 0.160 e. The van der Waals surface area contributed by atoms with Crippen LogP contribution in [-0.2, 0) is 14.6 Å². The van der Waals surface area contributed by atoms with Crippen molar-refractivity contribution >= 4 is 15.6 Å². The minimum Gasteiger partial charge on any atom is -0.299 e. The molecule has 0 N–H and O–H groups in total. The number of Topliss-reactive ketones (excluding diaryl/α,β-unsaturated/α-hetero) is 1. The van der Waals surface area contributed by atoms with E-state index in [9.17, 15) is 13.2 Å². The van der Waals surface area contributed by atoms with Crippen LogP contribution in [0.1, 0.15) is 51.9 Å². The summed E-state index contributed by atoms with van der Waals surface area (Å²) in [6.07, 6.45) is 5.75. The van der Waals surface area contributed by atoms with Gasteiger partial charge in [0.2, 0.25) is 0 Å². The van der Waals surface area contributed by atoms with Crippen LogP contribution in [-0.4, -0.2) is 25.2 Å². The number of rotatable bonds is 5. The molecule has 0 saturated heterocycles. The van der Waals surface area contributed by atoms with Crippen LogP contribution in [0.2, 0.25) is 0 Å². The third-order valence-electron chi connectivity index (χ3n) is 2.95. The quantitative estimate of drug-likeness (QED) is 0.729. The van der Waals surface area contributed by atoms with Crippen LogP contribution in [0.5, 0.6) is 0 Å². The van der Waals surface area contributed by atoms with Gasteiger partial charge in [-0.3, -0.25) is 4.79 Å². The zero-order chi connectivity index (χ0) is 11.3. The highest BCUT2D eigenvalue weighted by atomic mass is 32.2. The van der Waals surface area contributed by atoms with Crippen molar-refractivity contribution < 1.29 is 13.2 Å². The molecule has 1 aliphatic carbocycles. The molecule has 4 heteroatoms. The van der Waals surface area contributed by atoms with Crippen LogP contribution in [0.15, 0.2) is 0 Å². The van der Waals surface area contributed by atoms with Crippen molar-refractivity contribution in [1.29, 1.82) is 0 Å². The number of carbonyl (C=O) groups excluding carboxylic acids is 1. The van der Waals surface area contributed by atoms with E-state index in [4.69, 9.17) is 0 Å². The van der Waals surface area contributed by atoms with Gasteiger partial charge >= 0.3 is 0 Å². The van der Waals surface area contributed by atoms with E-state index in [-0.39, 0.29) is 16.8 Å². The summed E-state index contributed by atoms with van der Waals surface area (Å²) in [6.45, 7) is 1.89. The van der Waals surface area contributed by atoms with Gasteiger partial charge in [-0.15, -0.1) is 0 Å². The van der Waals surface area contributed by atoms with Gasteiger partial charge in [0.15, 0.2) is 9.84 Å². The Kier molecular flexibility index (Phi) is 4.77. The summed E-state index contributed by atoms with van der Waals surface area (Å²) < 4.78 is 23.7. The molecular formula is C11H20O3S. The highest BCUT2D eigenvalue weighted by Gasteiger charge is 2.28. The minimum atomic E-state index is -3.15. The van der Waals surface area contributed by atoms with E-state index in [0.717, 1.165) is 38.5 Å². The molecular weight excluding hydrogens is 212 g/mol. The molecule has 1 aliphatic rings. The molecule has 0 aromatic rings. The minimum absolute atomic E-state index is 0.122. The lowest BCUT2D eigenvalue weighted by Gasteiger charge is -2.21. The topological polar surface area (TPSA) is 51.2 Å². The summed E-state index contributed by atoms with van der Waals surface area (Å²) in [6, 6.07) is 0. The molecule has 0 aliphatic heterocycles. The largest absolute Gasteiger partial charge is 0.299 e. The monoisotopic (exact) mass is 232 g/mol. The maximum absolute atomic E-state index is 11.9. The number of ketones is 1. The SMILES string of the molecule is CCCC(=O)CS(=O)(=O)C1CCCCC1. The molecule has 88 valence electrons. The van der Waals surface area contributed by atoms with Crippen LogP contribution in [0.25, 0.3) is 0 Å². The normalized spacial score (nSPS) is 19.0. The van der Waals surface area contributed by atoms with Crippen molar-refractivity contribution in [3.05, 3.63) is 0 Å². The van der Waals surface area contributed by atoms with Gasteiger partial charge in [0.25, 0.3) is 0 Å². The van der Waals surface area contributed by atoms with E-state index in [2.05, 4.69) is 0 Å². The van der Waals surface area contributed by atoms with Crippen LogP contribution in [0.4, 0.5) is 0 Å². The molecule has 0 unspecified atom stereocenters. The second-order valence-corrected chi connectivity index (χ2v) is 6.64. The zero-order valence-electron chi connectivity index (χ0n) is 9.37. The number of hydrogen-bond acceptors (Lipinski definition) is 3. The summed E-state index contributed by atoms with van der Waals surface area (Å²) in [5.74, 6) is -0.353. The van der Waals surface area contributed by atoms with Gasteiger partial charge < -0.3 is 0 Å². The van der Waals surface area contributed by atoms with E-state index in [0.29, 0.717) is 6.42 Å². The third-order valence-corrected chi connectivity index (χ3v) is 5.16. The van der Waals surface area contributed by atoms with E-state index >= 15 is 0 Å². The van der Waals surface area contributed by atoms with Crippen LogP contribution < -0.4 is 0 Å². The molecule has 0 radical (unpaired) electrons. The average molecular weight is 232 g/mol. The molecule has 0 amide bonds. The van der Waals surface area contributed by atoms with Crippen molar-refractivity contribution in [3.63, 3.8) is 0 Å². The summed E-state index contributed by atoms with van der Waals surface area (Å²) in [4.78, 5) is 11.3. The Bertz CT molecular complexity index is 300. The molecule has 1 rings (SSSR count). The summed E-state index contributed by atoms with van der Waals surface area (Å²) in [5, 5.41) is -0.243. The molecule has 1 fully saturated rings. The Hall–Kier alpha value is -0.380. The lowest BCUT2D eigenvalue weighted by molar-refractivity contribution is -0.116. The Morgan fingerprint density at radius 1 is 1.20 bits per heavy atom. The van der Waals surface area contributed by atoms with Gasteiger partial charge in [0.1, 0.15) is 11.5 Å². The number of carbonyl (C=O) groups is 1. The first-order valence-corrected chi connectivity index (χ1v) is 7.51. The molecule has 15 heavy (non-hydrogen) atoms. The first kappa shape index (κ1) is 12.7. The predicted molar refractivity (Wildman–Crippen MR) is 60.6 cm³/mol. The van der Waals surface area contributed by atoms with Crippen molar-refractivity contribution in [3.8, 4) is 0 Å². The van der Waals surface area contributed by atoms with Crippen LogP contribution in [0, 0.1) is 0 Å². The molecule has 0 heterocycles. The molecule has 3 nitrogen and oxygen atoms in total. The van der Waals surface area contributed by atoms with Gasteiger partial charge in [-0.05, 0) is 19.3 Å². The van der Waals surface area contributed by atoms with Gasteiger partial charge in [-0.25, -0.2) is 8.42 Å². The second kappa shape index (κ2) is 5.64. The fourth-order valence-corrected chi connectivity index (χ4v) is 4.00. The van der Waals surface area contributed by atoms with Crippen molar-refractivity contribution in [1.82, 2.24) is 0 Å². The number of hydrogen-bond donors (Lipinski definition) is 0. The first-order chi connectivity index (χ1) is 7.06. The Morgan fingerprint density at radius 3 is 2.33 bits per heavy atom.